The molecule has 0 aliphatic carbocycles. The van der Waals surface area contributed by atoms with Gasteiger partial charge < -0.3 is 19.7 Å². The Kier molecular flexibility index (Phi) is 4.77. The van der Waals surface area contributed by atoms with Gasteiger partial charge in [0.25, 0.3) is 0 Å². The number of aromatic nitrogens is 1. The smallest absolute Gasteiger partial charge is 0.161 e. The molecule has 2 aromatic carbocycles. The lowest BCUT2D eigenvalue weighted by Gasteiger charge is -2.16. The van der Waals surface area contributed by atoms with Crippen molar-refractivity contribution in [2.75, 3.05) is 14.2 Å². The Balaban J connectivity index is 2.13. The molecule has 0 aliphatic rings. The quantitative estimate of drug-likeness (QED) is 0.610. The molecule has 6 heteroatoms. The zero-order valence-corrected chi connectivity index (χ0v) is 15.3. The van der Waals surface area contributed by atoms with E-state index < -0.39 is 6.10 Å². The van der Waals surface area contributed by atoms with E-state index in [4.69, 9.17) is 9.47 Å². The van der Waals surface area contributed by atoms with Crippen molar-refractivity contribution in [3.63, 3.8) is 0 Å². The van der Waals surface area contributed by atoms with Crippen molar-refractivity contribution in [1.29, 1.82) is 0 Å². The summed E-state index contributed by atoms with van der Waals surface area (Å²) in [5, 5.41) is 22.4. The molecular formula is C18H16INO4. The second kappa shape index (κ2) is 6.82. The van der Waals surface area contributed by atoms with E-state index in [9.17, 15) is 10.2 Å². The summed E-state index contributed by atoms with van der Waals surface area (Å²) in [5.41, 5.74) is 1.21. The SMILES string of the molecule is COc1ccc(C(O)c2nccc3cc(OC)c(O)cc23)c(I)c1. The second-order valence-electron chi connectivity index (χ2n) is 5.23. The van der Waals surface area contributed by atoms with Crippen LogP contribution in [0.25, 0.3) is 10.8 Å². The number of hydrogen-bond donors (Lipinski definition) is 2. The predicted molar refractivity (Wildman–Crippen MR) is 99.7 cm³/mol. The molecule has 0 bridgehead atoms. The minimum Gasteiger partial charge on any atom is -0.504 e. The highest BCUT2D eigenvalue weighted by Crippen LogP contribution is 2.36. The summed E-state index contributed by atoms with van der Waals surface area (Å²) in [4.78, 5) is 4.33. The zero-order chi connectivity index (χ0) is 17.3. The van der Waals surface area contributed by atoms with Gasteiger partial charge in [-0.2, -0.15) is 0 Å². The number of methoxy groups -OCH3 is 2. The molecule has 0 fully saturated rings. The summed E-state index contributed by atoms with van der Waals surface area (Å²) in [6.45, 7) is 0. The Bertz CT molecular complexity index is 898. The Morgan fingerprint density at radius 3 is 2.54 bits per heavy atom. The van der Waals surface area contributed by atoms with Gasteiger partial charge in [-0.25, -0.2) is 0 Å². The molecule has 2 N–H and O–H groups in total. The molecule has 0 aliphatic heterocycles. The first-order valence-corrected chi connectivity index (χ1v) is 8.30. The van der Waals surface area contributed by atoms with Crippen LogP contribution in [0.2, 0.25) is 0 Å². The van der Waals surface area contributed by atoms with E-state index >= 15 is 0 Å². The summed E-state index contributed by atoms with van der Waals surface area (Å²) >= 11 is 2.16. The number of phenolic OH excluding ortho intramolecular Hbond substituents is 1. The molecule has 3 rings (SSSR count). The summed E-state index contributed by atoms with van der Waals surface area (Å²) in [6.07, 6.45) is 0.715. The van der Waals surface area contributed by atoms with Crippen LogP contribution in [0.1, 0.15) is 17.4 Å². The maximum atomic E-state index is 10.8. The Labute approximate surface area is 153 Å². The number of fused-ring (bicyclic) bond motifs is 1. The maximum absolute atomic E-state index is 10.8. The second-order valence-corrected chi connectivity index (χ2v) is 6.39. The molecule has 0 saturated carbocycles. The summed E-state index contributed by atoms with van der Waals surface area (Å²) in [5.74, 6) is 1.12. The van der Waals surface area contributed by atoms with Gasteiger partial charge in [0.05, 0.1) is 19.9 Å². The normalized spacial score (nSPS) is 12.2. The van der Waals surface area contributed by atoms with Gasteiger partial charge in [-0.3, -0.25) is 4.98 Å². The van der Waals surface area contributed by atoms with Crippen molar-refractivity contribution in [1.82, 2.24) is 4.98 Å². The lowest BCUT2D eigenvalue weighted by molar-refractivity contribution is 0.216. The fourth-order valence-corrected chi connectivity index (χ4v) is 3.38. The molecular weight excluding hydrogens is 421 g/mol. The standard InChI is InChI=1S/C18H16INO4/c1-23-11-3-4-12(14(19)8-11)18(22)17-13-9-15(21)16(24-2)7-10(13)5-6-20-17/h3-9,18,21-22H,1-2H3. The number of nitrogens with zero attached hydrogens (tertiary/aromatic N) is 1. The van der Waals surface area contributed by atoms with Gasteiger partial charge in [0.2, 0.25) is 0 Å². The summed E-state index contributed by atoms with van der Waals surface area (Å²) in [6, 6.07) is 10.6. The molecule has 1 atom stereocenters. The fraction of sp³-hybridized carbons (Fsp3) is 0.167. The number of aliphatic hydroxyl groups is 1. The average Bonchev–Trinajstić information content (AvgIpc) is 2.60. The van der Waals surface area contributed by atoms with Crippen LogP contribution in [-0.2, 0) is 0 Å². The number of hydrogen-bond acceptors (Lipinski definition) is 5. The van der Waals surface area contributed by atoms with Crippen LogP contribution in [0.4, 0.5) is 0 Å². The van der Waals surface area contributed by atoms with Gasteiger partial charge in [0, 0.05) is 20.7 Å². The number of aliphatic hydroxyl groups excluding tert-OH is 1. The van der Waals surface area contributed by atoms with Gasteiger partial charge in [-0.1, -0.05) is 6.07 Å². The highest BCUT2D eigenvalue weighted by atomic mass is 127. The van der Waals surface area contributed by atoms with Crippen LogP contribution < -0.4 is 9.47 Å². The van der Waals surface area contributed by atoms with Crippen molar-refractivity contribution >= 4 is 33.4 Å². The van der Waals surface area contributed by atoms with E-state index in [0.717, 1.165) is 20.3 Å². The molecule has 3 aromatic rings. The van der Waals surface area contributed by atoms with Crippen LogP contribution >= 0.6 is 22.6 Å². The zero-order valence-electron chi connectivity index (χ0n) is 13.2. The molecule has 124 valence electrons. The van der Waals surface area contributed by atoms with E-state index in [1.54, 1.807) is 31.5 Å². The molecule has 1 unspecified atom stereocenters. The van der Waals surface area contributed by atoms with Gasteiger partial charge in [0.1, 0.15) is 11.9 Å². The Hall–Kier alpha value is -2.06. The van der Waals surface area contributed by atoms with Crippen molar-refractivity contribution < 1.29 is 19.7 Å². The van der Waals surface area contributed by atoms with Crippen LogP contribution in [0.5, 0.6) is 17.2 Å². The molecule has 5 nitrogen and oxygen atoms in total. The minimum atomic E-state index is -0.917. The summed E-state index contributed by atoms with van der Waals surface area (Å²) in [7, 11) is 3.10. The first kappa shape index (κ1) is 16.8. The highest BCUT2D eigenvalue weighted by Gasteiger charge is 2.19. The predicted octanol–water partition coefficient (Wildman–Crippen LogP) is 3.64. The number of rotatable bonds is 4. The Morgan fingerprint density at radius 2 is 1.88 bits per heavy atom. The van der Waals surface area contributed by atoms with Crippen molar-refractivity contribution in [3.8, 4) is 17.2 Å². The van der Waals surface area contributed by atoms with Gasteiger partial charge in [-0.05, 0) is 58.3 Å². The van der Waals surface area contributed by atoms with Crippen molar-refractivity contribution in [3.05, 3.63) is 57.4 Å². The largest absolute Gasteiger partial charge is 0.504 e. The molecule has 1 heterocycles. The van der Waals surface area contributed by atoms with Crippen LogP contribution in [0.3, 0.4) is 0 Å². The van der Waals surface area contributed by atoms with Gasteiger partial charge in [0.15, 0.2) is 11.5 Å². The third-order valence-corrected chi connectivity index (χ3v) is 4.79. The fourth-order valence-electron chi connectivity index (χ4n) is 2.60. The van der Waals surface area contributed by atoms with Crippen LogP contribution in [0, 0.1) is 3.57 Å². The molecule has 0 saturated heterocycles. The number of phenols is 1. The average molecular weight is 437 g/mol. The highest BCUT2D eigenvalue weighted by molar-refractivity contribution is 14.1. The van der Waals surface area contributed by atoms with E-state index in [-0.39, 0.29) is 5.75 Å². The first-order chi connectivity index (χ1) is 11.5. The molecule has 0 amide bonds. The minimum absolute atomic E-state index is 0.0101. The maximum Gasteiger partial charge on any atom is 0.161 e. The summed E-state index contributed by atoms with van der Waals surface area (Å²) < 4.78 is 11.2. The van der Waals surface area contributed by atoms with E-state index in [1.807, 2.05) is 18.2 Å². The van der Waals surface area contributed by atoms with Crippen LogP contribution in [0.15, 0.2) is 42.6 Å². The van der Waals surface area contributed by atoms with Crippen LogP contribution in [-0.4, -0.2) is 29.4 Å². The lowest BCUT2D eigenvalue weighted by Crippen LogP contribution is -2.05. The lowest BCUT2D eigenvalue weighted by atomic mass is 10.0. The third-order valence-electron chi connectivity index (χ3n) is 3.86. The number of pyridine rings is 1. The van der Waals surface area contributed by atoms with Gasteiger partial charge in [-0.15, -0.1) is 0 Å². The van der Waals surface area contributed by atoms with E-state index in [2.05, 4.69) is 27.6 Å². The van der Waals surface area contributed by atoms with E-state index in [0.29, 0.717) is 16.8 Å². The van der Waals surface area contributed by atoms with E-state index in [1.165, 1.54) is 7.11 Å². The van der Waals surface area contributed by atoms with Gasteiger partial charge >= 0.3 is 0 Å². The van der Waals surface area contributed by atoms with Crippen molar-refractivity contribution in [2.24, 2.45) is 0 Å². The number of aromatic hydroxyl groups is 1. The molecule has 0 radical (unpaired) electrons. The molecule has 1 aromatic heterocycles. The number of halogens is 1. The molecule has 24 heavy (non-hydrogen) atoms. The van der Waals surface area contributed by atoms with Crippen molar-refractivity contribution in [2.45, 2.75) is 6.10 Å². The topological polar surface area (TPSA) is 71.8 Å². The monoisotopic (exact) mass is 437 g/mol. The number of benzene rings is 2. The third kappa shape index (κ3) is 2.99. The number of ether oxygens (including phenoxy) is 2. The molecule has 0 spiro atoms. The first-order valence-electron chi connectivity index (χ1n) is 7.22. The Morgan fingerprint density at radius 1 is 1.08 bits per heavy atom.